The molecule has 1 heterocycles. The second-order valence-corrected chi connectivity index (χ2v) is 6.88. The van der Waals surface area contributed by atoms with E-state index in [-0.39, 0.29) is 18.6 Å². The fourth-order valence-electron chi connectivity index (χ4n) is 3.26. The Morgan fingerprint density at radius 3 is 2.33 bits per heavy atom. The van der Waals surface area contributed by atoms with Crippen LogP contribution in [0.1, 0.15) is 24.9 Å². The van der Waals surface area contributed by atoms with Crippen molar-refractivity contribution in [2.24, 2.45) is 0 Å². The van der Waals surface area contributed by atoms with Crippen molar-refractivity contribution in [1.82, 2.24) is 9.80 Å². The zero-order valence-corrected chi connectivity index (χ0v) is 16.1. The van der Waals surface area contributed by atoms with Crippen molar-refractivity contribution < 1.29 is 14.3 Å². The highest BCUT2D eigenvalue weighted by molar-refractivity contribution is 5.78. The molecule has 2 aromatic rings. The highest BCUT2D eigenvalue weighted by atomic mass is 16.5. The number of amides is 1. The van der Waals surface area contributed by atoms with Crippen molar-refractivity contribution in [2.75, 3.05) is 39.9 Å². The molecule has 0 radical (unpaired) electrons. The molecule has 0 saturated carbocycles. The number of hydrogen-bond donors (Lipinski definition) is 0. The molecule has 0 aliphatic carbocycles. The maximum Gasteiger partial charge on any atom is 0.261 e. The van der Waals surface area contributed by atoms with Crippen molar-refractivity contribution in [3.8, 4) is 11.5 Å². The summed E-state index contributed by atoms with van der Waals surface area (Å²) in [5, 5.41) is 0. The van der Waals surface area contributed by atoms with E-state index >= 15 is 0 Å². The Morgan fingerprint density at radius 2 is 1.67 bits per heavy atom. The van der Waals surface area contributed by atoms with Gasteiger partial charge in [-0.05, 0) is 43.3 Å². The second kappa shape index (κ2) is 9.42. The largest absolute Gasteiger partial charge is 0.494 e. The predicted octanol–water partition coefficient (Wildman–Crippen LogP) is 3.37. The van der Waals surface area contributed by atoms with Crippen LogP contribution in [0.5, 0.6) is 11.5 Å². The molecule has 1 amide bonds. The lowest BCUT2D eigenvalue weighted by Gasteiger charge is -2.40. The first-order valence-electron chi connectivity index (χ1n) is 9.56. The van der Waals surface area contributed by atoms with E-state index in [0.29, 0.717) is 18.9 Å². The van der Waals surface area contributed by atoms with Crippen LogP contribution in [0, 0.1) is 0 Å². The molecule has 144 valence electrons. The van der Waals surface area contributed by atoms with Crippen molar-refractivity contribution in [2.45, 2.75) is 19.4 Å². The molecule has 1 aliphatic rings. The Hall–Kier alpha value is -2.53. The van der Waals surface area contributed by atoms with Gasteiger partial charge in [-0.25, -0.2) is 0 Å². The first-order valence-corrected chi connectivity index (χ1v) is 9.56. The van der Waals surface area contributed by atoms with Crippen LogP contribution in [-0.2, 0) is 4.79 Å². The molecule has 1 atom stereocenters. The van der Waals surface area contributed by atoms with Crippen LogP contribution < -0.4 is 9.47 Å². The lowest BCUT2D eigenvalue weighted by molar-refractivity contribution is -0.138. The topological polar surface area (TPSA) is 42.0 Å². The third-order valence-corrected chi connectivity index (χ3v) is 4.75. The van der Waals surface area contributed by atoms with E-state index in [9.17, 15) is 4.79 Å². The van der Waals surface area contributed by atoms with Crippen LogP contribution in [0.4, 0.5) is 0 Å². The second-order valence-electron chi connectivity index (χ2n) is 6.88. The van der Waals surface area contributed by atoms with Gasteiger partial charge in [0.15, 0.2) is 6.61 Å². The molecule has 3 rings (SSSR count). The van der Waals surface area contributed by atoms with Crippen LogP contribution in [0.2, 0.25) is 0 Å². The van der Waals surface area contributed by atoms with Crippen molar-refractivity contribution in [3.63, 3.8) is 0 Å². The maximum absolute atomic E-state index is 12.8. The van der Waals surface area contributed by atoms with Gasteiger partial charge in [-0.15, -0.1) is 0 Å². The molecule has 1 unspecified atom stereocenters. The Bertz CT molecular complexity index is 718. The summed E-state index contributed by atoms with van der Waals surface area (Å²) in [5.74, 6) is 1.51. The third-order valence-electron chi connectivity index (χ3n) is 4.75. The Balaban J connectivity index is 1.60. The smallest absolute Gasteiger partial charge is 0.261 e. The number of piperazine rings is 1. The standard InChI is InChI=1S/C22H28N2O3/c1-3-15-26-19-9-11-20(12-10-19)27-17-22(25)24-14-13-23(2)16-21(24)18-7-5-4-6-8-18/h4-12,21H,3,13-17H2,1-2H3. The highest BCUT2D eigenvalue weighted by Crippen LogP contribution is 2.25. The molecule has 0 spiro atoms. The minimum atomic E-state index is 0.0169. The number of nitrogens with zero attached hydrogens (tertiary/aromatic N) is 2. The number of likely N-dealkylation sites (N-methyl/N-ethyl adjacent to an activating group) is 1. The van der Waals surface area contributed by atoms with Gasteiger partial charge in [0.05, 0.1) is 12.6 Å². The predicted molar refractivity (Wildman–Crippen MR) is 106 cm³/mol. The number of rotatable bonds is 7. The number of hydrogen-bond acceptors (Lipinski definition) is 4. The monoisotopic (exact) mass is 368 g/mol. The molecule has 1 aliphatic heterocycles. The summed E-state index contributed by atoms with van der Waals surface area (Å²) in [6.07, 6.45) is 0.973. The molecule has 27 heavy (non-hydrogen) atoms. The van der Waals surface area contributed by atoms with Crippen LogP contribution in [0.15, 0.2) is 54.6 Å². The molecule has 0 aromatic heterocycles. The lowest BCUT2D eigenvalue weighted by Crippen LogP contribution is -2.50. The van der Waals surface area contributed by atoms with Gasteiger partial charge < -0.3 is 19.3 Å². The maximum atomic E-state index is 12.8. The van der Waals surface area contributed by atoms with Crippen molar-refractivity contribution in [3.05, 3.63) is 60.2 Å². The molecular weight excluding hydrogens is 340 g/mol. The summed E-state index contributed by atoms with van der Waals surface area (Å²) in [6, 6.07) is 17.7. The summed E-state index contributed by atoms with van der Waals surface area (Å²) in [5.41, 5.74) is 1.16. The molecular formula is C22H28N2O3. The minimum absolute atomic E-state index is 0.0169. The number of ether oxygens (including phenoxy) is 2. The summed E-state index contributed by atoms with van der Waals surface area (Å²) >= 11 is 0. The van der Waals surface area contributed by atoms with E-state index in [4.69, 9.17) is 9.47 Å². The van der Waals surface area contributed by atoms with Gasteiger partial charge in [0.1, 0.15) is 11.5 Å². The van der Waals surface area contributed by atoms with Crippen molar-refractivity contribution in [1.29, 1.82) is 0 Å². The summed E-state index contributed by atoms with van der Waals surface area (Å²) < 4.78 is 11.3. The van der Waals surface area contributed by atoms with Gasteiger partial charge in [0, 0.05) is 19.6 Å². The highest BCUT2D eigenvalue weighted by Gasteiger charge is 2.30. The molecule has 1 saturated heterocycles. The zero-order chi connectivity index (χ0) is 19.1. The van der Waals surface area contributed by atoms with E-state index in [1.807, 2.05) is 47.4 Å². The average molecular weight is 368 g/mol. The van der Waals surface area contributed by atoms with Crippen LogP contribution in [0.3, 0.4) is 0 Å². The Labute approximate surface area is 161 Å². The Morgan fingerprint density at radius 1 is 1.00 bits per heavy atom. The summed E-state index contributed by atoms with van der Waals surface area (Å²) in [6.45, 7) is 5.23. The fraction of sp³-hybridized carbons (Fsp3) is 0.409. The summed E-state index contributed by atoms with van der Waals surface area (Å²) in [4.78, 5) is 17.0. The fourth-order valence-corrected chi connectivity index (χ4v) is 3.26. The molecule has 0 N–H and O–H groups in total. The minimum Gasteiger partial charge on any atom is -0.494 e. The molecule has 0 bridgehead atoms. The normalized spacial score (nSPS) is 17.6. The summed E-state index contributed by atoms with van der Waals surface area (Å²) in [7, 11) is 2.09. The van der Waals surface area contributed by atoms with Crippen LogP contribution in [0.25, 0.3) is 0 Å². The number of carbonyl (C=O) groups is 1. The van der Waals surface area contributed by atoms with Crippen LogP contribution in [-0.4, -0.2) is 55.6 Å². The van der Waals surface area contributed by atoms with E-state index in [1.165, 1.54) is 0 Å². The van der Waals surface area contributed by atoms with Gasteiger partial charge >= 0.3 is 0 Å². The van der Waals surface area contributed by atoms with E-state index in [1.54, 1.807) is 0 Å². The molecule has 5 heteroatoms. The van der Waals surface area contributed by atoms with E-state index in [0.717, 1.165) is 30.8 Å². The molecule has 2 aromatic carbocycles. The number of carbonyl (C=O) groups excluding carboxylic acids is 1. The van der Waals surface area contributed by atoms with E-state index < -0.39 is 0 Å². The first-order chi connectivity index (χ1) is 13.2. The molecule has 1 fully saturated rings. The lowest BCUT2D eigenvalue weighted by atomic mass is 10.0. The third kappa shape index (κ3) is 5.23. The van der Waals surface area contributed by atoms with Gasteiger partial charge in [-0.3, -0.25) is 4.79 Å². The number of benzene rings is 2. The average Bonchev–Trinajstić information content (AvgIpc) is 2.72. The quantitative estimate of drug-likeness (QED) is 0.751. The van der Waals surface area contributed by atoms with E-state index in [2.05, 4.69) is 31.0 Å². The van der Waals surface area contributed by atoms with Gasteiger partial charge in [-0.1, -0.05) is 37.3 Å². The Kier molecular flexibility index (Phi) is 6.71. The zero-order valence-electron chi connectivity index (χ0n) is 16.1. The van der Waals surface area contributed by atoms with Gasteiger partial charge in [-0.2, -0.15) is 0 Å². The first kappa shape index (κ1) is 19.2. The van der Waals surface area contributed by atoms with Gasteiger partial charge in [0.2, 0.25) is 0 Å². The van der Waals surface area contributed by atoms with Gasteiger partial charge in [0.25, 0.3) is 5.91 Å². The molecule has 5 nitrogen and oxygen atoms in total. The van der Waals surface area contributed by atoms with Crippen molar-refractivity contribution >= 4 is 5.91 Å². The SMILES string of the molecule is CCCOc1ccc(OCC(=O)N2CCN(C)CC2c2ccccc2)cc1. The van der Waals surface area contributed by atoms with Crippen LogP contribution >= 0.6 is 0 Å².